The number of hydrogen-bond donors (Lipinski definition) is 0. The Labute approximate surface area is 126 Å². The first kappa shape index (κ1) is 14.8. The van der Waals surface area contributed by atoms with Crippen LogP contribution in [-0.4, -0.2) is 46.1 Å². The predicted molar refractivity (Wildman–Crippen MR) is 77.3 cm³/mol. The smallest absolute Gasteiger partial charge is 0.338 e. The molecule has 4 unspecified atom stereocenters. The van der Waals surface area contributed by atoms with Crippen LogP contribution in [0, 0.1) is 0 Å². The van der Waals surface area contributed by atoms with Crippen molar-refractivity contribution in [2.45, 2.75) is 37.1 Å². The predicted octanol–water partition coefficient (Wildman–Crippen LogP) is 1.49. The van der Waals surface area contributed by atoms with E-state index in [4.69, 9.17) is 14.2 Å². The van der Waals surface area contributed by atoms with Gasteiger partial charge in [0.1, 0.15) is 24.6 Å². The second kappa shape index (κ2) is 5.61. The van der Waals surface area contributed by atoms with Gasteiger partial charge in [-0.3, -0.25) is 0 Å². The summed E-state index contributed by atoms with van der Waals surface area (Å²) in [5.41, 5.74) is 0.488. The highest BCUT2D eigenvalue weighted by molar-refractivity contribution is 7.92. The van der Waals surface area contributed by atoms with E-state index in [-0.39, 0.29) is 24.1 Å². The van der Waals surface area contributed by atoms with E-state index in [1.807, 2.05) is 19.9 Å². The molecule has 6 heteroatoms. The van der Waals surface area contributed by atoms with Crippen LogP contribution < -0.4 is 0 Å². The Morgan fingerprint density at radius 1 is 1.38 bits per heavy atom. The van der Waals surface area contributed by atoms with Gasteiger partial charge in [0.25, 0.3) is 0 Å². The number of hydrogen-bond acceptors (Lipinski definition) is 5. The molecule has 0 amide bonds. The molecule has 114 valence electrons. The fourth-order valence-corrected chi connectivity index (χ4v) is 4.31. The Bertz CT molecular complexity index is 518. The Balaban J connectivity index is 1.61. The fraction of sp³-hybridized carbons (Fsp3) is 0.533. The lowest BCUT2D eigenvalue weighted by molar-refractivity contribution is -0.146. The van der Waals surface area contributed by atoms with Crippen LogP contribution in [0.25, 0.3) is 0 Å². The third-order valence-electron chi connectivity index (χ3n) is 3.64. The van der Waals surface area contributed by atoms with Crippen LogP contribution in [0.1, 0.15) is 24.2 Å². The maximum Gasteiger partial charge on any atom is 0.338 e. The third kappa shape index (κ3) is 3.08. The number of carbonyl (C=O) groups excluding carboxylic acids is 1. The molecular formula is C15H18O5S. The molecule has 0 radical (unpaired) electrons. The number of esters is 1. The van der Waals surface area contributed by atoms with E-state index >= 15 is 0 Å². The molecule has 2 heterocycles. The lowest BCUT2D eigenvalue weighted by Gasteiger charge is -2.22. The van der Waals surface area contributed by atoms with E-state index in [9.17, 15) is 9.35 Å². The molecule has 0 spiro atoms. The van der Waals surface area contributed by atoms with Crippen molar-refractivity contribution < 1.29 is 23.6 Å². The monoisotopic (exact) mass is 310 g/mol. The first-order chi connectivity index (χ1) is 9.96. The lowest BCUT2D eigenvalue weighted by atomic mass is 10.2. The Kier molecular flexibility index (Phi) is 3.96. The summed E-state index contributed by atoms with van der Waals surface area (Å²) in [7, 11) is 0. The number of ether oxygens (including phenoxy) is 3. The number of rotatable bonds is 3. The molecule has 1 aromatic carbocycles. The van der Waals surface area contributed by atoms with Crippen LogP contribution in [0.4, 0.5) is 0 Å². The van der Waals surface area contributed by atoms with Crippen LogP contribution in [0.3, 0.4) is 0 Å². The molecule has 4 atom stereocenters. The summed E-state index contributed by atoms with van der Waals surface area (Å²) in [5, 5.41) is -0.329. The SMILES string of the molecule is CC1(C)OC2C[S+]([O-])C(COC(=O)c3ccccc3)C2O1. The minimum Gasteiger partial charge on any atom is -0.616 e. The summed E-state index contributed by atoms with van der Waals surface area (Å²) in [6, 6.07) is 8.76. The van der Waals surface area contributed by atoms with Crippen molar-refractivity contribution in [1.82, 2.24) is 0 Å². The first-order valence-electron chi connectivity index (χ1n) is 6.91. The number of fused-ring (bicyclic) bond motifs is 1. The standard InChI is InChI=1S/C15H18O5S/c1-15(2)19-11-9-21(17)12(13(11)20-15)8-18-14(16)10-6-4-3-5-7-10/h3-7,11-13H,8-9H2,1-2H3. The molecule has 2 aliphatic heterocycles. The summed E-state index contributed by atoms with van der Waals surface area (Å²) in [6.07, 6.45) is -0.453. The second-order valence-corrected chi connectivity index (χ2v) is 7.39. The summed E-state index contributed by atoms with van der Waals surface area (Å²) in [4.78, 5) is 11.9. The molecule has 5 nitrogen and oxygen atoms in total. The van der Waals surface area contributed by atoms with Crippen molar-refractivity contribution in [3.63, 3.8) is 0 Å². The molecule has 2 fully saturated rings. The molecule has 2 saturated heterocycles. The lowest BCUT2D eigenvalue weighted by Crippen LogP contribution is -2.36. The van der Waals surface area contributed by atoms with Gasteiger partial charge in [0.2, 0.25) is 0 Å². The van der Waals surface area contributed by atoms with Crippen molar-refractivity contribution in [1.29, 1.82) is 0 Å². The normalized spacial score (nSPS) is 33.7. The molecule has 21 heavy (non-hydrogen) atoms. The summed E-state index contributed by atoms with van der Waals surface area (Å²) in [5.74, 6) is -0.641. The van der Waals surface area contributed by atoms with Crippen molar-refractivity contribution in [3.8, 4) is 0 Å². The van der Waals surface area contributed by atoms with Crippen molar-refractivity contribution >= 4 is 17.1 Å². The van der Waals surface area contributed by atoms with Crippen molar-refractivity contribution in [2.75, 3.05) is 12.4 Å². The van der Waals surface area contributed by atoms with Gasteiger partial charge in [-0.25, -0.2) is 4.79 Å². The Morgan fingerprint density at radius 3 is 2.81 bits per heavy atom. The minimum atomic E-state index is -1.10. The van der Waals surface area contributed by atoms with E-state index in [2.05, 4.69) is 0 Å². The van der Waals surface area contributed by atoms with E-state index < -0.39 is 22.9 Å². The van der Waals surface area contributed by atoms with Crippen LogP contribution in [-0.2, 0) is 25.4 Å². The average molecular weight is 310 g/mol. The van der Waals surface area contributed by atoms with Gasteiger partial charge in [0, 0.05) is 0 Å². The molecule has 2 aliphatic rings. The van der Waals surface area contributed by atoms with Crippen LogP contribution in [0.2, 0.25) is 0 Å². The van der Waals surface area contributed by atoms with Crippen molar-refractivity contribution in [3.05, 3.63) is 35.9 Å². The quantitative estimate of drug-likeness (QED) is 0.625. The van der Waals surface area contributed by atoms with Gasteiger partial charge >= 0.3 is 5.97 Å². The Hall–Kier alpha value is -1.08. The van der Waals surface area contributed by atoms with E-state index in [0.29, 0.717) is 11.3 Å². The molecule has 0 bridgehead atoms. The molecule has 1 aromatic rings. The van der Waals surface area contributed by atoms with E-state index in [1.54, 1.807) is 24.3 Å². The molecule has 0 aliphatic carbocycles. The van der Waals surface area contributed by atoms with Gasteiger partial charge in [-0.05, 0) is 37.2 Å². The zero-order valence-electron chi connectivity index (χ0n) is 12.0. The largest absolute Gasteiger partial charge is 0.616 e. The van der Waals surface area contributed by atoms with Gasteiger partial charge in [-0.2, -0.15) is 0 Å². The maximum absolute atomic E-state index is 12.1. The molecule has 0 aromatic heterocycles. The van der Waals surface area contributed by atoms with E-state index in [1.165, 1.54) is 0 Å². The minimum absolute atomic E-state index is 0.0843. The number of carbonyl (C=O) groups is 1. The summed E-state index contributed by atoms with van der Waals surface area (Å²) < 4.78 is 28.9. The van der Waals surface area contributed by atoms with Gasteiger partial charge in [-0.15, -0.1) is 0 Å². The highest BCUT2D eigenvalue weighted by Gasteiger charge is 2.56. The average Bonchev–Trinajstić information content (AvgIpc) is 2.88. The summed E-state index contributed by atoms with van der Waals surface area (Å²) in [6.45, 7) is 3.75. The fourth-order valence-electron chi connectivity index (χ4n) is 2.73. The van der Waals surface area contributed by atoms with Crippen LogP contribution in [0.15, 0.2) is 30.3 Å². The van der Waals surface area contributed by atoms with Gasteiger partial charge in [-0.1, -0.05) is 18.2 Å². The molecule has 0 saturated carbocycles. The number of benzene rings is 1. The zero-order chi connectivity index (χ0) is 15.0. The maximum atomic E-state index is 12.1. The topological polar surface area (TPSA) is 67.8 Å². The van der Waals surface area contributed by atoms with Crippen molar-refractivity contribution in [2.24, 2.45) is 0 Å². The van der Waals surface area contributed by atoms with Gasteiger partial charge in [0.15, 0.2) is 11.0 Å². The Morgan fingerprint density at radius 2 is 2.10 bits per heavy atom. The highest BCUT2D eigenvalue weighted by Crippen LogP contribution is 2.38. The van der Waals surface area contributed by atoms with Crippen LogP contribution >= 0.6 is 0 Å². The van der Waals surface area contributed by atoms with E-state index in [0.717, 1.165) is 0 Å². The van der Waals surface area contributed by atoms with Gasteiger partial charge in [0.05, 0.1) is 5.56 Å². The molecular weight excluding hydrogens is 292 g/mol. The first-order valence-corrected chi connectivity index (χ1v) is 8.29. The third-order valence-corrected chi connectivity index (χ3v) is 5.38. The highest BCUT2D eigenvalue weighted by atomic mass is 32.2. The second-order valence-electron chi connectivity index (χ2n) is 5.69. The molecule has 0 N–H and O–H groups in total. The molecule has 3 rings (SSSR count). The zero-order valence-corrected chi connectivity index (χ0v) is 12.8. The summed E-state index contributed by atoms with van der Waals surface area (Å²) >= 11 is -1.10. The van der Waals surface area contributed by atoms with Crippen LogP contribution in [0.5, 0.6) is 0 Å². The van der Waals surface area contributed by atoms with Gasteiger partial charge < -0.3 is 18.8 Å².